The minimum absolute atomic E-state index is 0.0153. The minimum Gasteiger partial charge on any atom is -0.490 e. The molecule has 0 bridgehead atoms. The molecule has 10 nitrogen and oxygen atoms in total. The van der Waals surface area contributed by atoms with Crippen molar-refractivity contribution in [2.75, 3.05) is 31.6 Å². The lowest BCUT2D eigenvalue weighted by Gasteiger charge is -2.19. The number of anilines is 1. The van der Waals surface area contributed by atoms with E-state index in [0.29, 0.717) is 50.3 Å². The maximum atomic E-state index is 13.6. The number of aliphatic imine (C=N–C) groups is 1. The fraction of sp³-hybridized carbons (Fsp3) is 0.273. The Hall–Kier alpha value is -3.45. The Bertz CT molecular complexity index is 2390. The number of aliphatic hydroxyl groups excluding tert-OH is 1. The van der Waals surface area contributed by atoms with E-state index in [1.165, 1.54) is 0 Å². The number of aryl methyl sites for hydroxylation is 2. The SMILES string of the molecule is CCCCc1oc2ccccc2c1C(=O)c1cc(I)c(OCCN(CC)CC)c(I)c1.Cn1ccnc1S.O=C1Nc2ccc(Cl)cc2C(c2ccccc2Cl)=NC1O. The van der Waals surface area contributed by atoms with Crippen LogP contribution in [-0.4, -0.2) is 69.4 Å². The molecule has 0 saturated heterocycles. The summed E-state index contributed by atoms with van der Waals surface area (Å²) in [5.74, 6) is 1.06. The van der Waals surface area contributed by atoms with Gasteiger partial charge in [-0.1, -0.05) is 86.8 Å². The first-order valence-corrected chi connectivity index (χ1v) is 22.4. The van der Waals surface area contributed by atoms with E-state index in [2.05, 4.69) is 98.8 Å². The van der Waals surface area contributed by atoms with Gasteiger partial charge in [-0.3, -0.25) is 9.59 Å². The first-order chi connectivity index (χ1) is 28.4. The summed E-state index contributed by atoms with van der Waals surface area (Å²) in [6, 6.07) is 23.8. The molecule has 4 aromatic carbocycles. The number of aliphatic hydroxyl groups is 1. The number of likely N-dealkylation sites (N-methyl/N-ethyl adjacent to an activating group) is 1. The standard InChI is InChI=1S/C25H29I2NO3.C15H10Cl2N2O2.C4H6N2S/c1-4-7-11-22-23(18-10-8-9-12-21(18)31-22)24(29)17-15-19(26)25(20(27)16-17)30-14-13-28(5-2)6-3;16-8-5-6-12-10(7-8)13(19-15(21)14(20)18-12)9-3-1-2-4-11(9)17;1-6-3-2-5-4(6)7/h8-10,12,15-16H,4-7,11,13-14H2,1-3H3;1-7,15,21H,(H,18,20);2-3H,1H3,(H,5,7). The van der Waals surface area contributed by atoms with Crippen LogP contribution in [0.5, 0.6) is 5.75 Å². The topological polar surface area (TPSA) is 122 Å². The molecule has 59 heavy (non-hydrogen) atoms. The van der Waals surface area contributed by atoms with Crippen molar-refractivity contribution in [3.8, 4) is 5.75 Å². The summed E-state index contributed by atoms with van der Waals surface area (Å²) in [7, 11) is 1.90. The number of carbonyl (C=O) groups is 2. The van der Waals surface area contributed by atoms with Crippen LogP contribution < -0.4 is 10.1 Å². The number of carbonyl (C=O) groups excluding carboxylic acids is 2. The first-order valence-electron chi connectivity index (χ1n) is 19.0. The second-order valence-corrected chi connectivity index (χ2v) is 16.9. The molecule has 0 spiro atoms. The van der Waals surface area contributed by atoms with Crippen molar-refractivity contribution >= 4 is 115 Å². The Morgan fingerprint density at radius 3 is 2.32 bits per heavy atom. The van der Waals surface area contributed by atoms with Crippen LogP contribution in [0.25, 0.3) is 11.0 Å². The number of nitrogens with one attached hydrogen (secondary N) is 1. The van der Waals surface area contributed by atoms with Crippen LogP contribution in [0.1, 0.15) is 66.4 Å². The van der Waals surface area contributed by atoms with Crippen LogP contribution in [0.4, 0.5) is 5.69 Å². The number of aromatic nitrogens is 2. The van der Waals surface area contributed by atoms with Gasteiger partial charge in [-0.25, -0.2) is 9.98 Å². The molecule has 1 aliphatic rings. The van der Waals surface area contributed by atoms with E-state index in [-0.39, 0.29) is 5.78 Å². The Labute approximate surface area is 387 Å². The molecule has 0 radical (unpaired) electrons. The third-order valence-corrected chi connectivity index (χ3v) is 12.0. The van der Waals surface area contributed by atoms with Gasteiger partial charge in [0.2, 0.25) is 6.23 Å². The van der Waals surface area contributed by atoms with Crippen LogP contribution in [-0.2, 0) is 18.3 Å². The number of furan rings is 1. The average Bonchev–Trinajstić information content (AvgIpc) is 3.76. The lowest BCUT2D eigenvalue weighted by Crippen LogP contribution is -2.28. The van der Waals surface area contributed by atoms with E-state index < -0.39 is 12.1 Å². The summed E-state index contributed by atoms with van der Waals surface area (Å²) in [5.41, 5.74) is 4.33. The largest absolute Gasteiger partial charge is 0.490 e. The zero-order chi connectivity index (χ0) is 42.6. The Morgan fingerprint density at radius 1 is 1.00 bits per heavy atom. The van der Waals surface area contributed by atoms with Crippen molar-refractivity contribution in [2.24, 2.45) is 12.0 Å². The van der Waals surface area contributed by atoms with E-state index in [1.807, 2.05) is 54.2 Å². The molecule has 1 unspecified atom stereocenters. The number of hydrogen-bond donors (Lipinski definition) is 3. The molecular weight excluding hydrogens is 1040 g/mol. The van der Waals surface area contributed by atoms with Crippen molar-refractivity contribution in [2.45, 2.75) is 51.4 Å². The fourth-order valence-electron chi connectivity index (χ4n) is 6.14. The number of imidazole rings is 1. The molecule has 2 aromatic heterocycles. The van der Waals surface area contributed by atoms with E-state index in [9.17, 15) is 14.7 Å². The Balaban J connectivity index is 0.000000201. The number of hydrogen-bond acceptors (Lipinski definition) is 9. The number of benzene rings is 4. The van der Waals surface area contributed by atoms with Crippen molar-refractivity contribution < 1.29 is 23.8 Å². The molecule has 15 heteroatoms. The van der Waals surface area contributed by atoms with E-state index in [0.717, 1.165) is 73.7 Å². The highest BCUT2D eigenvalue weighted by molar-refractivity contribution is 14.1. The number of halogens is 4. The van der Waals surface area contributed by atoms with Gasteiger partial charge in [0.05, 0.1) is 24.1 Å². The van der Waals surface area contributed by atoms with Gasteiger partial charge >= 0.3 is 0 Å². The molecule has 0 aliphatic carbocycles. The maximum Gasteiger partial charge on any atom is 0.276 e. The molecule has 0 fully saturated rings. The zero-order valence-corrected chi connectivity index (χ0v) is 39.7. The maximum absolute atomic E-state index is 13.6. The quantitative estimate of drug-likeness (QED) is 0.0634. The molecule has 2 N–H and O–H groups in total. The number of ether oxygens (including phenoxy) is 1. The summed E-state index contributed by atoms with van der Waals surface area (Å²) >= 11 is 20.8. The van der Waals surface area contributed by atoms with Gasteiger partial charge in [0.15, 0.2) is 10.9 Å². The van der Waals surface area contributed by atoms with Gasteiger partial charge in [-0.15, -0.1) is 12.6 Å². The number of para-hydroxylation sites is 1. The molecule has 0 saturated carbocycles. The van der Waals surface area contributed by atoms with Crippen LogP contribution in [0.2, 0.25) is 10.0 Å². The fourth-order valence-corrected chi connectivity index (χ4v) is 8.75. The number of benzodiazepines with no additional fused rings is 1. The highest BCUT2D eigenvalue weighted by atomic mass is 127. The highest BCUT2D eigenvalue weighted by Gasteiger charge is 2.26. The lowest BCUT2D eigenvalue weighted by atomic mass is 9.98. The number of amides is 1. The molecular formula is C44H45Cl2I2N5O5S. The molecule has 3 heterocycles. The summed E-state index contributed by atoms with van der Waals surface area (Å²) in [5, 5.41) is 15.1. The summed E-state index contributed by atoms with van der Waals surface area (Å²) in [4.78, 5) is 35.6. The van der Waals surface area contributed by atoms with E-state index in [1.54, 1.807) is 48.7 Å². The second kappa shape index (κ2) is 22.4. The number of rotatable bonds is 12. The smallest absolute Gasteiger partial charge is 0.276 e. The first kappa shape index (κ1) is 46.6. The highest BCUT2D eigenvalue weighted by Crippen LogP contribution is 2.34. The third kappa shape index (κ3) is 12.1. The molecule has 1 atom stereocenters. The Kier molecular flexibility index (Phi) is 17.7. The van der Waals surface area contributed by atoms with E-state index in [4.69, 9.17) is 32.4 Å². The molecule has 310 valence electrons. The van der Waals surface area contributed by atoms with Crippen LogP contribution >= 0.6 is 81.0 Å². The lowest BCUT2D eigenvalue weighted by molar-refractivity contribution is -0.123. The van der Waals surface area contributed by atoms with Crippen LogP contribution in [0.15, 0.2) is 106 Å². The van der Waals surface area contributed by atoms with Crippen molar-refractivity contribution in [3.63, 3.8) is 0 Å². The second-order valence-electron chi connectivity index (χ2n) is 13.3. The predicted octanol–water partition coefficient (Wildman–Crippen LogP) is 10.7. The summed E-state index contributed by atoms with van der Waals surface area (Å²) < 4.78 is 15.9. The average molecular weight is 1080 g/mol. The predicted molar refractivity (Wildman–Crippen MR) is 257 cm³/mol. The number of nitrogens with zero attached hydrogens (tertiary/aromatic N) is 4. The monoisotopic (exact) mass is 1080 g/mol. The van der Waals surface area contributed by atoms with Crippen molar-refractivity contribution in [1.29, 1.82) is 0 Å². The molecule has 7 rings (SSSR count). The zero-order valence-electron chi connectivity index (χ0n) is 33.0. The van der Waals surface area contributed by atoms with Gasteiger partial charge in [0.1, 0.15) is 23.7 Å². The normalized spacial score (nSPS) is 13.4. The molecule has 1 amide bonds. The van der Waals surface area contributed by atoms with Crippen LogP contribution in [0, 0.1) is 7.14 Å². The van der Waals surface area contributed by atoms with Crippen molar-refractivity contribution in [3.05, 3.63) is 136 Å². The molecule has 1 aliphatic heterocycles. The number of fused-ring (bicyclic) bond motifs is 2. The Morgan fingerprint density at radius 2 is 1.69 bits per heavy atom. The van der Waals surface area contributed by atoms with E-state index >= 15 is 0 Å². The number of unbranched alkanes of at least 4 members (excludes halogenated alkanes) is 1. The van der Waals surface area contributed by atoms with Crippen molar-refractivity contribution in [1.82, 2.24) is 14.5 Å². The van der Waals surface area contributed by atoms with Gasteiger partial charge in [-0.2, -0.15) is 0 Å². The number of thiol groups is 1. The van der Waals surface area contributed by atoms with Gasteiger partial charge in [-0.05, 0) is 107 Å². The van der Waals surface area contributed by atoms with Gasteiger partial charge in [0, 0.05) is 64.5 Å². The number of ketones is 1. The summed E-state index contributed by atoms with van der Waals surface area (Å²) in [6.45, 7) is 10.0. The summed E-state index contributed by atoms with van der Waals surface area (Å²) in [6.07, 6.45) is 4.88. The molecule has 6 aromatic rings. The third-order valence-electron chi connectivity index (χ3n) is 9.37. The van der Waals surface area contributed by atoms with Crippen LogP contribution in [0.3, 0.4) is 0 Å². The van der Waals surface area contributed by atoms with Gasteiger partial charge in [0.25, 0.3) is 5.91 Å². The van der Waals surface area contributed by atoms with Gasteiger partial charge < -0.3 is 29.0 Å². The minimum atomic E-state index is -1.50.